The Bertz CT molecular complexity index is 266. The highest BCUT2D eigenvalue weighted by atomic mass is 32.2. The van der Waals surface area contributed by atoms with Crippen molar-refractivity contribution in [2.45, 2.75) is 37.5 Å². The molecule has 1 aliphatic rings. The van der Waals surface area contributed by atoms with Crippen molar-refractivity contribution in [2.75, 3.05) is 12.8 Å². The van der Waals surface area contributed by atoms with Crippen molar-refractivity contribution in [1.29, 1.82) is 5.26 Å². The smallest absolute Gasteiger partial charge is 0.239 e. The molecule has 4 heteroatoms. The molecular weight excluding hydrogens is 196 g/mol. The van der Waals surface area contributed by atoms with Crippen LogP contribution in [0.25, 0.3) is 0 Å². The van der Waals surface area contributed by atoms with Gasteiger partial charge in [-0.25, -0.2) is 0 Å². The van der Waals surface area contributed by atoms with Gasteiger partial charge < -0.3 is 4.90 Å². The molecule has 0 aromatic heterocycles. The van der Waals surface area contributed by atoms with Gasteiger partial charge in [-0.2, -0.15) is 5.26 Å². The highest BCUT2D eigenvalue weighted by molar-refractivity contribution is 8.01. The third-order valence-electron chi connectivity index (χ3n) is 2.76. The Balaban J connectivity index is 2.70. The Kier molecular flexibility index (Phi) is 3.43. The van der Waals surface area contributed by atoms with Gasteiger partial charge in [0.1, 0.15) is 6.04 Å². The van der Waals surface area contributed by atoms with Crippen LogP contribution in [0.4, 0.5) is 0 Å². The molecule has 0 aliphatic carbocycles. The summed E-state index contributed by atoms with van der Waals surface area (Å²) in [5, 5.41) is 8.73. The Morgan fingerprint density at radius 3 is 2.79 bits per heavy atom. The molecule has 1 saturated heterocycles. The van der Waals surface area contributed by atoms with E-state index in [0.29, 0.717) is 0 Å². The second kappa shape index (κ2) is 4.22. The highest BCUT2D eigenvalue weighted by Crippen LogP contribution is 2.39. The van der Waals surface area contributed by atoms with Crippen LogP contribution in [0.15, 0.2) is 0 Å². The predicted molar refractivity (Wildman–Crippen MR) is 57.9 cm³/mol. The van der Waals surface area contributed by atoms with E-state index in [4.69, 9.17) is 5.26 Å². The van der Waals surface area contributed by atoms with Crippen LogP contribution in [0.3, 0.4) is 0 Å². The second-order valence-electron chi connectivity index (χ2n) is 3.90. The molecular formula is C10H16N2OS. The average Bonchev–Trinajstić information content (AvgIpc) is 2.63. The van der Waals surface area contributed by atoms with Crippen LogP contribution < -0.4 is 0 Å². The molecule has 0 aromatic carbocycles. The van der Waals surface area contributed by atoms with Crippen LogP contribution in [0, 0.1) is 11.3 Å². The van der Waals surface area contributed by atoms with Crippen molar-refractivity contribution in [3.63, 3.8) is 0 Å². The van der Waals surface area contributed by atoms with E-state index in [2.05, 4.69) is 6.07 Å². The standard InChI is InChI=1S/C10H16N2OS/c1-8(7-11)12(3)9(13)10(2)5-4-6-14-10/h8H,4-6H2,1-3H3. The topological polar surface area (TPSA) is 44.1 Å². The minimum absolute atomic E-state index is 0.0917. The zero-order valence-corrected chi connectivity index (χ0v) is 9.73. The first-order valence-electron chi connectivity index (χ1n) is 4.82. The summed E-state index contributed by atoms with van der Waals surface area (Å²) in [5.41, 5.74) is 0. The maximum atomic E-state index is 12.0. The van der Waals surface area contributed by atoms with Gasteiger partial charge in [0.25, 0.3) is 0 Å². The van der Waals surface area contributed by atoms with Gasteiger partial charge in [0.2, 0.25) is 5.91 Å². The van der Waals surface area contributed by atoms with Crippen LogP contribution >= 0.6 is 11.8 Å². The molecule has 1 amide bonds. The maximum absolute atomic E-state index is 12.0. The van der Waals surface area contributed by atoms with Gasteiger partial charge in [-0.3, -0.25) is 4.79 Å². The van der Waals surface area contributed by atoms with E-state index in [1.54, 1.807) is 30.6 Å². The van der Waals surface area contributed by atoms with Gasteiger partial charge in [0.15, 0.2) is 0 Å². The normalized spacial score (nSPS) is 28.1. The third-order valence-corrected chi connectivity index (χ3v) is 4.27. The lowest BCUT2D eigenvalue weighted by atomic mass is 10.0. The largest absolute Gasteiger partial charge is 0.329 e. The van der Waals surface area contributed by atoms with Gasteiger partial charge in [0, 0.05) is 7.05 Å². The zero-order valence-electron chi connectivity index (χ0n) is 8.91. The quantitative estimate of drug-likeness (QED) is 0.699. The summed E-state index contributed by atoms with van der Waals surface area (Å²) in [4.78, 5) is 13.6. The van der Waals surface area contributed by atoms with Crippen LogP contribution in [0.1, 0.15) is 26.7 Å². The highest BCUT2D eigenvalue weighted by Gasteiger charge is 2.39. The molecule has 1 rings (SSSR count). The van der Waals surface area contributed by atoms with Gasteiger partial charge in [-0.05, 0) is 32.4 Å². The summed E-state index contributed by atoms with van der Waals surface area (Å²) < 4.78 is -0.292. The van der Waals surface area contributed by atoms with E-state index in [1.165, 1.54) is 0 Å². The molecule has 0 saturated carbocycles. The molecule has 0 aromatic rings. The fourth-order valence-corrected chi connectivity index (χ4v) is 2.88. The van der Waals surface area contributed by atoms with Gasteiger partial charge in [-0.15, -0.1) is 11.8 Å². The van der Waals surface area contributed by atoms with E-state index in [9.17, 15) is 4.79 Å². The maximum Gasteiger partial charge on any atom is 0.239 e. The molecule has 2 unspecified atom stereocenters. The molecule has 78 valence electrons. The average molecular weight is 212 g/mol. The van der Waals surface area contributed by atoms with Crippen molar-refractivity contribution in [3.05, 3.63) is 0 Å². The van der Waals surface area contributed by atoms with Crippen molar-refractivity contribution in [3.8, 4) is 6.07 Å². The third kappa shape index (κ3) is 2.03. The van der Waals surface area contributed by atoms with Crippen molar-refractivity contribution >= 4 is 17.7 Å². The molecule has 0 radical (unpaired) electrons. The first kappa shape index (κ1) is 11.4. The number of nitriles is 1. The molecule has 0 bridgehead atoms. The number of carbonyl (C=O) groups is 1. The summed E-state index contributed by atoms with van der Waals surface area (Å²) in [6.45, 7) is 3.73. The summed E-state index contributed by atoms with van der Waals surface area (Å²) in [5.74, 6) is 1.14. The SMILES string of the molecule is CC(C#N)N(C)C(=O)C1(C)CCCS1. The monoisotopic (exact) mass is 212 g/mol. The molecule has 1 aliphatic heterocycles. The summed E-state index contributed by atoms with van der Waals surface area (Å²) in [6.07, 6.45) is 2.03. The summed E-state index contributed by atoms with van der Waals surface area (Å²) in [6, 6.07) is 1.75. The van der Waals surface area contributed by atoms with E-state index < -0.39 is 0 Å². The first-order valence-corrected chi connectivity index (χ1v) is 5.80. The Labute approximate surface area is 89.5 Å². The van der Waals surface area contributed by atoms with Crippen LogP contribution in [-0.4, -0.2) is 34.4 Å². The van der Waals surface area contributed by atoms with Crippen molar-refractivity contribution < 1.29 is 4.79 Å². The first-order chi connectivity index (χ1) is 6.51. The Hall–Kier alpha value is -0.690. The molecule has 0 spiro atoms. The molecule has 3 nitrogen and oxygen atoms in total. The number of carbonyl (C=O) groups excluding carboxylic acids is 1. The molecule has 2 atom stereocenters. The lowest BCUT2D eigenvalue weighted by Crippen LogP contribution is -2.45. The molecule has 1 fully saturated rings. The Morgan fingerprint density at radius 1 is 1.71 bits per heavy atom. The predicted octanol–water partition coefficient (Wildman–Crippen LogP) is 1.64. The number of rotatable bonds is 2. The van der Waals surface area contributed by atoms with Crippen LogP contribution in [0.5, 0.6) is 0 Å². The van der Waals surface area contributed by atoms with Gasteiger partial charge in [-0.1, -0.05) is 0 Å². The molecule has 0 N–H and O–H groups in total. The van der Waals surface area contributed by atoms with Crippen molar-refractivity contribution in [2.24, 2.45) is 0 Å². The lowest BCUT2D eigenvalue weighted by molar-refractivity contribution is -0.133. The Morgan fingerprint density at radius 2 is 2.36 bits per heavy atom. The van der Waals surface area contributed by atoms with Gasteiger partial charge in [0.05, 0.1) is 10.8 Å². The van der Waals surface area contributed by atoms with Gasteiger partial charge >= 0.3 is 0 Å². The summed E-state index contributed by atoms with van der Waals surface area (Å²) >= 11 is 1.71. The fourth-order valence-electron chi connectivity index (χ4n) is 1.58. The van der Waals surface area contributed by atoms with E-state index in [1.807, 2.05) is 6.92 Å². The minimum atomic E-state index is -0.333. The minimum Gasteiger partial charge on any atom is -0.329 e. The molecule has 1 heterocycles. The van der Waals surface area contributed by atoms with E-state index in [0.717, 1.165) is 18.6 Å². The van der Waals surface area contributed by atoms with Crippen LogP contribution in [-0.2, 0) is 4.79 Å². The number of hydrogen-bond acceptors (Lipinski definition) is 3. The second-order valence-corrected chi connectivity index (χ2v) is 5.50. The summed E-state index contributed by atoms with van der Waals surface area (Å²) in [7, 11) is 1.71. The number of nitrogens with zero attached hydrogens (tertiary/aromatic N) is 2. The molecule has 14 heavy (non-hydrogen) atoms. The lowest BCUT2D eigenvalue weighted by Gasteiger charge is -2.29. The number of amides is 1. The fraction of sp³-hybridized carbons (Fsp3) is 0.800. The number of thioether (sulfide) groups is 1. The van der Waals surface area contributed by atoms with E-state index in [-0.39, 0.29) is 16.7 Å². The van der Waals surface area contributed by atoms with Crippen LogP contribution in [0.2, 0.25) is 0 Å². The zero-order chi connectivity index (χ0) is 10.8. The van der Waals surface area contributed by atoms with Crippen molar-refractivity contribution in [1.82, 2.24) is 4.90 Å². The number of hydrogen-bond donors (Lipinski definition) is 0. The van der Waals surface area contributed by atoms with E-state index >= 15 is 0 Å².